The first-order valence-corrected chi connectivity index (χ1v) is 6.66. The summed E-state index contributed by atoms with van der Waals surface area (Å²) in [5.41, 5.74) is 1.94. The third-order valence-electron chi connectivity index (χ3n) is 3.21. The highest BCUT2D eigenvalue weighted by Gasteiger charge is 2.20. The molecule has 1 N–H and O–H groups in total. The highest BCUT2D eigenvalue weighted by molar-refractivity contribution is 9.10. The van der Waals surface area contributed by atoms with Crippen LogP contribution in [0.25, 0.3) is 5.69 Å². The molecule has 96 valence electrons. The molecule has 0 fully saturated rings. The SMILES string of the molecule is Cc1nccn1-c1ccc(C(C)(C)CO)cc1Br. The Kier molecular flexibility index (Phi) is 3.59. The molecular weight excluding hydrogens is 292 g/mol. The molecule has 1 aromatic heterocycles. The lowest BCUT2D eigenvalue weighted by Crippen LogP contribution is -2.22. The van der Waals surface area contributed by atoms with Gasteiger partial charge >= 0.3 is 0 Å². The summed E-state index contributed by atoms with van der Waals surface area (Å²) in [6.07, 6.45) is 3.72. The maximum Gasteiger partial charge on any atom is 0.110 e. The van der Waals surface area contributed by atoms with Gasteiger partial charge in [-0.25, -0.2) is 4.98 Å². The second kappa shape index (κ2) is 4.86. The van der Waals surface area contributed by atoms with Gasteiger partial charge in [-0.15, -0.1) is 0 Å². The molecule has 1 heterocycles. The molecule has 2 rings (SSSR count). The fourth-order valence-corrected chi connectivity index (χ4v) is 2.42. The summed E-state index contributed by atoms with van der Waals surface area (Å²) in [7, 11) is 0. The van der Waals surface area contributed by atoms with Gasteiger partial charge in [-0.2, -0.15) is 0 Å². The van der Waals surface area contributed by atoms with Gasteiger partial charge in [-0.1, -0.05) is 19.9 Å². The van der Waals surface area contributed by atoms with Gasteiger partial charge in [0.1, 0.15) is 5.82 Å². The Labute approximate surface area is 116 Å². The van der Waals surface area contributed by atoms with E-state index in [-0.39, 0.29) is 12.0 Å². The van der Waals surface area contributed by atoms with Crippen molar-refractivity contribution in [3.8, 4) is 5.69 Å². The van der Waals surface area contributed by atoms with Gasteiger partial charge in [0, 0.05) is 22.3 Å². The third-order valence-corrected chi connectivity index (χ3v) is 3.84. The van der Waals surface area contributed by atoms with Crippen LogP contribution in [0.15, 0.2) is 35.1 Å². The first kappa shape index (κ1) is 13.3. The molecule has 0 aliphatic heterocycles. The number of imidazole rings is 1. The Morgan fingerprint density at radius 1 is 1.39 bits per heavy atom. The van der Waals surface area contributed by atoms with E-state index in [1.54, 1.807) is 6.20 Å². The van der Waals surface area contributed by atoms with Crippen molar-refractivity contribution >= 4 is 15.9 Å². The van der Waals surface area contributed by atoms with Gasteiger partial charge in [-0.3, -0.25) is 0 Å². The number of aliphatic hydroxyl groups excluding tert-OH is 1. The Bertz CT molecular complexity index is 561. The first-order valence-electron chi connectivity index (χ1n) is 5.87. The van der Waals surface area contributed by atoms with E-state index >= 15 is 0 Å². The van der Waals surface area contributed by atoms with Gasteiger partial charge in [0.25, 0.3) is 0 Å². The van der Waals surface area contributed by atoms with Crippen molar-refractivity contribution in [2.24, 2.45) is 0 Å². The van der Waals surface area contributed by atoms with Gasteiger partial charge < -0.3 is 9.67 Å². The predicted molar refractivity (Wildman–Crippen MR) is 76.1 cm³/mol. The maximum absolute atomic E-state index is 9.41. The number of aryl methyl sites for hydroxylation is 1. The van der Waals surface area contributed by atoms with E-state index in [1.807, 2.05) is 37.6 Å². The van der Waals surface area contributed by atoms with Crippen molar-refractivity contribution < 1.29 is 5.11 Å². The molecule has 0 saturated heterocycles. The van der Waals surface area contributed by atoms with Crippen LogP contribution in [0.4, 0.5) is 0 Å². The number of halogens is 1. The first-order chi connectivity index (χ1) is 8.45. The van der Waals surface area contributed by atoms with Gasteiger partial charge in [0.05, 0.1) is 12.3 Å². The number of aliphatic hydroxyl groups is 1. The van der Waals surface area contributed by atoms with Gasteiger partial charge in [-0.05, 0) is 40.5 Å². The van der Waals surface area contributed by atoms with E-state index in [4.69, 9.17) is 0 Å². The van der Waals surface area contributed by atoms with E-state index in [0.29, 0.717) is 0 Å². The van der Waals surface area contributed by atoms with Crippen LogP contribution < -0.4 is 0 Å². The monoisotopic (exact) mass is 308 g/mol. The lowest BCUT2D eigenvalue weighted by molar-refractivity contribution is 0.218. The summed E-state index contributed by atoms with van der Waals surface area (Å²) in [5.74, 6) is 0.949. The van der Waals surface area contributed by atoms with Gasteiger partial charge in [0.2, 0.25) is 0 Å². The van der Waals surface area contributed by atoms with Crippen LogP contribution in [0, 0.1) is 6.92 Å². The predicted octanol–water partition coefficient (Wildman–Crippen LogP) is 3.21. The van der Waals surface area contributed by atoms with E-state index in [9.17, 15) is 5.11 Å². The fourth-order valence-electron chi connectivity index (χ4n) is 1.85. The average molecular weight is 309 g/mol. The van der Waals surface area contributed by atoms with Crippen LogP contribution in [0.5, 0.6) is 0 Å². The van der Waals surface area contributed by atoms with Crippen molar-refractivity contribution in [2.45, 2.75) is 26.2 Å². The lowest BCUT2D eigenvalue weighted by atomic mass is 9.85. The summed E-state index contributed by atoms with van der Waals surface area (Å²) < 4.78 is 3.03. The van der Waals surface area contributed by atoms with Crippen molar-refractivity contribution in [3.63, 3.8) is 0 Å². The number of benzene rings is 1. The zero-order valence-electron chi connectivity index (χ0n) is 10.8. The third kappa shape index (κ3) is 2.35. The Hall–Kier alpha value is -1.13. The standard InChI is InChI=1S/C14H17BrN2O/c1-10-16-6-7-17(10)13-5-4-11(8-12(13)15)14(2,3)9-18/h4-8,18H,9H2,1-3H3. The summed E-state index contributed by atoms with van der Waals surface area (Å²) in [6, 6.07) is 6.16. The second-order valence-electron chi connectivity index (χ2n) is 5.05. The van der Waals surface area contributed by atoms with Gasteiger partial charge in [0.15, 0.2) is 0 Å². The zero-order valence-corrected chi connectivity index (χ0v) is 12.4. The smallest absolute Gasteiger partial charge is 0.110 e. The van der Waals surface area contributed by atoms with E-state index in [2.05, 4.69) is 33.0 Å². The summed E-state index contributed by atoms with van der Waals surface area (Å²) in [6.45, 7) is 6.15. The van der Waals surface area contributed by atoms with Crippen LogP contribution in [-0.4, -0.2) is 21.3 Å². The molecular formula is C14H17BrN2O. The molecule has 18 heavy (non-hydrogen) atoms. The molecule has 0 spiro atoms. The lowest BCUT2D eigenvalue weighted by Gasteiger charge is -2.23. The highest BCUT2D eigenvalue weighted by Crippen LogP contribution is 2.29. The molecule has 0 unspecified atom stereocenters. The molecule has 0 aliphatic rings. The summed E-state index contributed by atoms with van der Waals surface area (Å²) in [4.78, 5) is 4.22. The van der Waals surface area contributed by atoms with Crippen molar-refractivity contribution in [1.29, 1.82) is 0 Å². The van der Waals surface area contributed by atoms with Crippen molar-refractivity contribution in [1.82, 2.24) is 9.55 Å². The van der Waals surface area contributed by atoms with E-state index in [1.165, 1.54) is 0 Å². The van der Waals surface area contributed by atoms with Crippen LogP contribution in [0.1, 0.15) is 25.2 Å². The van der Waals surface area contributed by atoms with Crippen LogP contribution >= 0.6 is 15.9 Å². The number of rotatable bonds is 3. The quantitative estimate of drug-likeness (QED) is 0.945. The van der Waals surface area contributed by atoms with Crippen molar-refractivity contribution in [2.75, 3.05) is 6.61 Å². The topological polar surface area (TPSA) is 38.0 Å². The number of hydrogen-bond donors (Lipinski definition) is 1. The summed E-state index contributed by atoms with van der Waals surface area (Å²) in [5, 5.41) is 9.41. The molecule has 4 heteroatoms. The molecule has 1 aromatic carbocycles. The number of nitrogens with zero attached hydrogens (tertiary/aromatic N) is 2. The molecule has 0 radical (unpaired) electrons. The molecule has 0 atom stereocenters. The second-order valence-corrected chi connectivity index (χ2v) is 5.91. The highest BCUT2D eigenvalue weighted by atomic mass is 79.9. The maximum atomic E-state index is 9.41. The minimum absolute atomic E-state index is 0.128. The Balaban J connectivity index is 2.47. The molecule has 0 saturated carbocycles. The minimum atomic E-state index is -0.231. The fraction of sp³-hybridized carbons (Fsp3) is 0.357. The number of aromatic nitrogens is 2. The minimum Gasteiger partial charge on any atom is -0.395 e. The molecule has 0 amide bonds. The van der Waals surface area contributed by atoms with Crippen LogP contribution in [-0.2, 0) is 5.41 Å². The molecule has 0 aliphatic carbocycles. The zero-order chi connectivity index (χ0) is 13.3. The number of hydrogen-bond acceptors (Lipinski definition) is 2. The molecule has 3 nitrogen and oxygen atoms in total. The molecule has 0 bridgehead atoms. The Morgan fingerprint density at radius 3 is 2.61 bits per heavy atom. The normalized spacial score (nSPS) is 11.8. The molecule has 2 aromatic rings. The van der Waals surface area contributed by atoms with E-state index in [0.717, 1.165) is 21.5 Å². The largest absolute Gasteiger partial charge is 0.395 e. The van der Waals surface area contributed by atoms with Crippen LogP contribution in [0.2, 0.25) is 0 Å². The van der Waals surface area contributed by atoms with Crippen molar-refractivity contribution in [3.05, 3.63) is 46.5 Å². The van der Waals surface area contributed by atoms with E-state index < -0.39 is 0 Å². The summed E-state index contributed by atoms with van der Waals surface area (Å²) >= 11 is 3.59. The van der Waals surface area contributed by atoms with Crippen LogP contribution in [0.3, 0.4) is 0 Å². The average Bonchev–Trinajstić information content (AvgIpc) is 2.75. The Morgan fingerprint density at radius 2 is 2.11 bits per heavy atom.